The number of hydrogen-bond donors (Lipinski definition) is 1. The highest BCUT2D eigenvalue weighted by atomic mass is 16.5. The molecule has 3 heteroatoms. The molecule has 1 atom stereocenters. The molecule has 1 unspecified atom stereocenters. The first-order valence-electron chi connectivity index (χ1n) is 6.80. The number of benzene rings is 1. The topological polar surface area (TPSA) is 38.7 Å². The molecule has 0 amide bonds. The smallest absolute Gasteiger partial charge is 0.125 e. The monoisotopic (exact) mass is 250 g/mol. The summed E-state index contributed by atoms with van der Waals surface area (Å²) in [5.74, 6) is 1.10. The second-order valence-electron chi connectivity index (χ2n) is 4.78. The first-order valence-corrected chi connectivity index (χ1v) is 6.80. The third-order valence-corrected chi connectivity index (χ3v) is 3.41. The zero-order chi connectivity index (χ0) is 12.8. The van der Waals surface area contributed by atoms with Gasteiger partial charge in [-0.15, -0.1) is 0 Å². The van der Waals surface area contributed by atoms with E-state index in [1.54, 1.807) is 0 Å². The molecular formula is C15H22O3. The van der Waals surface area contributed by atoms with Crippen molar-refractivity contribution < 1.29 is 14.6 Å². The van der Waals surface area contributed by atoms with Crippen molar-refractivity contribution in [1.29, 1.82) is 0 Å². The maximum absolute atomic E-state index is 10.5. The predicted octanol–water partition coefficient (Wildman–Crippen LogP) is 2.94. The van der Waals surface area contributed by atoms with Crippen LogP contribution in [0.4, 0.5) is 0 Å². The number of para-hydroxylation sites is 1. The van der Waals surface area contributed by atoms with Crippen molar-refractivity contribution in [3.8, 4) is 5.75 Å². The minimum absolute atomic E-state index is 0.283. The number of aliphatic hydroxyl groups is 1. The molecule has 1 aromatic carbocycles. The second kappa shape index (κ2) is 6.76. The molecule has 0 radical (unpaired) electrons. The van der Waals surface area contributed by atoms with Crippen LogP contribution in [0, 0.1) is 5.92 Å². The van der Waals surface area contributed by atoms with Crippen LogP contribution in [-0.4, -0.2) is 24.9 Å². The van der Waals surface area contributed by atoms with Crippen molar-refractivity contribution in [2.75, 3.05) is 19.8 Å². The van der Waals surface area contributed by atoms with Crippen LogP contribution >= 0.6 is 0 Å². The van der Waals surface area contributed by atoms with Gasteiger partial charge in [-0.05, 0) is 31.2 Å². The van der Waals surface area contributed by atoms with E-state index < -0.39 is 6.10 Å². The first kappa shape index (κ1) is 13.4. The minimum Gasteiger partial charge on any atom is -0.493 e. The van der Waals surface area contributed by atoms with Gasteiger partial charge in [-0.1, -0.05) is 25.1 Å². The maximum atomic E-state index is 10.5. The Morgan fingerprint density at radius 3 is 2.78 bits per heavy atom. The van der Waals surface area contributed by atoms with Gasteiger partial charge in [0.1, 0.15) is 5.75 Å². The summed E-state index contributed by atoms with van der Waals surface area (Å²) in [4.78, 5) is 0. The Bertz CT molecular complexity index is 359. The standard InChI is InChI=1S/C15H22O3/c1-2-9-18-14-6-4-3-5-13(14)15(16)12-7-10-17-11-8-12/h3-6,12,15-16H,2,7-11H2,1H3. The van der Waals surface area contributed by atoms with Crippen LogP contribution < -0.4 is 4.74 Å². The molecule has 0 spiro atoms. The highest BCUT2D eigenvalue weighted by Gasteiger charge is 2.25. The average molecular weight is 250 g/mol. The highest BCUT2D eigenvalue weighted by Crippen LogP contribution is 2.34. The Morgan fingerprint density at radius 1 is 1.33 bits per heavy atom. The van der Waals surface area contributed by atoms with Crippen LogP contribution in [0.3, 0.4) is 0 Å². The third kappa shape index (κ3) is 3.24. The summed E-state index contributed by atoms with van der Waals surface area (Å²) < 4.78 is 11.0. The van der Waals surface area contributed by atoms with Crippen LogP contribution in [0.1, 0.15) is 37.9 Å². The van der Waals surface area contributed by atoms with Crippen molar-refractivity contribution in [2.24, 2.45) is 5.92 Å². The van der Waals surface area contributed by atoms with Crippen molar-refractivity contribution in [3.05, 3.63) is 29.8 Å². The molecule has 18 heavy (non-hydrogen) atoms. The molecule has 1 N–H and O–H groups in total. The molecule has 1 saturated heterocycles. The lowest BCUT2D eigenvalue weighted by Crippen LogP contribution is -2.22. The van der Waals surface area contributed by atoms with Gasteiger partial charge in [0.05, 0.1) is 12.7 Å². The van der Waals surface area contributed by atoms with Gasteiger partial charge in [-0.25, -0.2) is 0 Å². The normalized spacial score (nSPS) is 18.6. The zero-order valence-electron chi connectivity index (χ0n) is 11.0. The first-order chi connectivity index (χ1) is 8.83. The van der Waals surface area contributed by atoms with Gasteiger partial charge in [-0.3, -0.25) is 0 Å². The molecule has 0 bridgehead atoms. The fraction of sp³-hybridized carbons (Fsp3) is 0.600. The number of hydrogen-bond acceptors (Lipinski definition) is 3. The maximum Gasteiger partial charge on any atom is 0.125 e. The van der Waals surface area contributed by atoms with Gasteiger partial charge in [0.2, 0.25) is 0 Å². The van der Waals surface area contributed by atoms with Crippen LogP contribution in [0.5, 0.6) is 5.75 Å². The van der Waals surface area contributed by atoms with Gasteiger partial charge in [0.25, 0.3) is 0 Å². The molecule has 100 valence electrons. The van der Waals surface area contributed by atoms with Gasteiger partial charge >= 0.3 is 0 Å². The van der Waals surface area contributed by atoms with Gasteiger partial charge in [-0.2, -0.15) is 0 Å². The lowest BCUT2D eigenvalue weighted by atomic mass is 9.89. The molecule has 1 aromatic rings. The van der Waals surface area contributed by atoms with Gasteiger partial charge in [0, 0.05) is 18.8 Å². The minimum atomic E-state index is -0.443. The fourth-order valence-electron chi connectivity index (χ4n) is 2.35. The van der Waals surface area contributed by atoms with E-state index in [0.717, 1.165) is 43.8 Å². The molecule has 2 rings (SSSR count). The average Bonchev–Trinajstić information content (AvgIpc) is 2.45. The van der Waals surface area contributed by atoms with Crippen LogP contribution in [0.25, 0.3) is 0 Å². The summed E-state index contributed by atoms with van der Waals surface area (Å²) in [5.41, 5.74) is 0.915. The SMILES string of the molecule is CCCOc1ccccc1C(O)C1CCOCC1. The molecular weight excluding hydrogens is 228 g/mol. The molecule has 0 saturated carbocycles. The lowest BCUT2D eigenvalue weighted by molar-refractivity contribution is 0.00617. The summed E-state index contributed by atoms with van der Waals surface area (Å²) in [6.07, 6.45) is 2.37. The summed E-state index contributed by atoms with van der Waals surface area (Å²) in [6.45, 7) is 4.27. The van der Waals surface area contributed by atoms with Crippen LogP contribution in [-0.2, 0) is 4.74 Å². The fourth-order valence-corrected chi connectivity index (χ4v) is 2.35. The summed E-state index contributed by atoms with van der Waals surface area (Å²) in [5, 5.41) is 10.5. The number of ether oxygens (including phenoxy) is 2. The Kier molecular flexibility index (Phi) is 5.02. The Balaban J connectivity index is 2.10. The quantitative estimate of drug-likeness (QED) is 0.873. The summed E-state index contributed by atoms with van der Waals surface area (Å²) >= 11 is 0. The Labute approximate surface area is 109 Å². The molecule has 1 fully saturated rings. The van der Waals surface area contributed by atoms with Crippen LogP contribution in [0.2, 0.25) is 0 Å². The van der Waals surface area contributed by atoms with Gasteiger partial charge in [0.15, 0.2) is 0 Å². The number of rotatable bonds is 5. The van der Waals surface area contributed by atoms with E-state index in [1.807, 2.05) is 24.3 Å². The van der Waals surface area contributed by atoms with E-state index in [4.69, 9.17) is 9.47 Å². The van der Waals surface area contributed by atoms with Crippen molar-refractivity contribution in [2.45, 2.75) is 32.3 Å². The summed E-state index contributed by atoms with van der Waals surface area (Å²) in [7, 11) is 0. The van der Waals surface area contributed by atoms with E-state index in [9.17, 15) is 5.11 Å². The second-order valence-corrected chi connectivity index (χ2v) is 4.78. The van der Waals surface area contributed by atoms with E-state index in [-0.39, 0.29) is 5.92 Å². The van der Waals surface area contributed by atoms with E-state index in [1.165, 1.54) is 0 Å². The molecule has 1 aliphatic rings. The molecule has 0 aliphatic carbocycles. The number of aliphatic hydroxyl groups excluding tert-OH is 1. The molecule has 3 nitrogen and oxygen atoms in total. The largest absolute Gasteiger partial charge is 0.493 e. The third-order valence-electron chi connectivity index (χ3n) is 3.41. The predicted molar refractivity (Wildman–Crippen MR) is 70.7 cm³/mol. The van der Waals surface area contributed by atoms with Gasteiger partial charge < -0.3 is 14.6 Å². The van der Waals surface area contributed by atoms with Crippen LogP contribution in [0.15, 0.2) is 24.3 Å². The summed E-state index contributed by atoms with van der Waals surface area (Å²) in [6, 6.07) is 7.81. The molecule has 1 aliphatic heterocycles. The van der Waals surface area contributed by atoms with Crippen molar-refractivity contribution >= 4 is 0 Å². The lowest BCUT2D eigenvalue weighted by Gasteiger charge is -2.28. The van der Waals surface area contributed by atoms with E-state index in [2.05, 4.69) is 6.92 Å². The van der Waals surface area contributed by atoms with Crippen molar-refractivity contribution in [1.82, 2.24) is 0 Å². The van der Waals surface area contributed by atoms with E-state index in [0.29, 0.717) is 6.61 Å². The molecule has 1 heterocycles. The zero-order valence-corrected chi connectivity index (χ0v) is 11.0. The van der Waals surface area contributed by atoms with E-state index >= 15 is 0 Å². The highest BCUT2D eigenvalue weighted by molar-refractivity contribution is 5.35. The Hall–Kier alpha value is -1.06. The Morgan fingerprint density at radius 2 is 2.06 bits per heavy atom. The molecule has 0 aromatic heterocycles. The van der Waals surface area contributed by atoms with Crippen molar-refractivity contribution in [3.63, 3.8) is 0 Å².